The van der Waals surface area contributed by atoms with Crippen molar-refractivity contribution in [1.29, 1.82) is 0 Å². The normalized spacial score (nSPS) is 32.0. The maximum Gasteiger partial charge on any atom is 0.282 e. The Hall–Kier alpha value is -0.430. The third kappa shape index (κ3) is 2.79. The van der Waals surface area contributed by atoms with E-state index in [4.69, 9.17) is 0 Å². The highest BCUT2D eigenvalue weighted by atomic mass is 32.2. The van der Waals surface area contributed by atoms with Crippen LogP contribution in [0.15, 0.2) is 11.4 Å². The molecule has 0 N–H and O–H groups in total. The number of hydrogen-bond acceptors (Lipinski definition) is 3. The van der Waals surface area contributed by atoms with E-state index in [1.54, 1.807) is 19.9 Å². The molecule has 4 nitrogen and oxygen atoms in total. The second kappa shape index (κ2) is 5.65. The zero-order chi connectivity index (χ0) is 15.2. The van der Waals surface area contributed by atoms with Gasteiger partial charge in [-0.3, -0.25) is 0 Å². The second-order valence-electron chi connectivity index (χ2n) is 6.61. The molecular formula is C15H24N2O2S2. The van der Waals surface area contributed by atoms with Crippen LogP contribution in [0.25, 0.3) is 0 Å². The highest BCUT2D eigenvalue weighted by Crippen LogP contribution is 2.36. The molecule has 0 bridgehead atoms. The van der Waals surface area contributed by atoms with Crippen LogP contribution in [0.5, 0.6) is 0 Å². The lowest BCUT2D eigenvalue weighted by Crippen LogP contribution is -2.51. The van der Waals surface area contributed by atoms with Crippen LogP contribution in [-0.2, 0) is 16.6 Å². The molecular weight excluding hydrogens is 304 g/mol. The van der Waals surface area contributed by atoms with Gasteiger partial charge in [0.15, 0.2) is 0 Å². The average molecular weight is 329 g/mol. The first kappa shape index (κ1) is 15.5. The van der Waals surface area contributed by atoms with Crippen molar-refractivity contribution in [1.82, 2.24) is 8.61 Å². The SMILES string of the molecule is C[C@@H]1C[C@H](C)CN(S(=O)(=O)N2CCc3sccc3[C@@H]2C)C1. The molecule has 0 radical (unpaired) electrons. The van der Waals surface area contributed by atoms with Gasteiger partial charge in [-0.25, -0.2) is 0 Å². The molecule has 1 fully saturated rings. The number of fused-ring (bicyclic) bond motifs is 1. The summed E-state index contributed by atoms with van der Waals surface area (Å²) in [5.41, 5.74) is 1.19. The molecule has 0 spiro atoms. The third-order valence-corrected chi connectivity index (χ3v) is 7.72. The van der Waals surface area contributed by atoms with Gasteiger partial charge < -0.3 is 0 Å². The lowest BCUT2D eigenvalue weighted by molar-refractivity contribution is 0.200. The van der Waals surface area contributed by atoms with E-state index in [2.05, 4.69) is 25.3 Å². The number of thiophene rings is 1. The molecule has 2 aliphatic rings. The van der Waals surface area contributed by atoms with Crippen LogP contribution in [-0.4, -0.2) is 36.7 Å². The Kier molecular flexibility index (Phi) is 4.16. The molecule has 21 heavy (non-hydrogen) atoms. The molecule has 1 aromatic heterocycles. The van der Waals surface area contributed by atoms with Crippen LogP contribution in [0.2, 0.25) is 0 Å². The fraction of sp³-hybridized carbons (Fsp3) is 0.733. The second-order valence-corrected chi connectivity index (χ2v) is 9.49. The summed E-state index contributed by atoms with van der Waals surface area (Å²) in [7, 11) is -3.35. The van der Waals surface area contributed by atoms with E-state index < -0.39 is 10.2 Å². The summed E-state index contributed by atoms with van der Waals surface area (Å²) < 4.78 is 29.5. The maximum atomic E-state index is 13.0. The van der Waals surface area contributed by atoms with E-state index in [9.17, 15) is 8.42 Å². The van der Waals surface area contributed by atoms with E-state index in [0.29, 0.717) is 31.5 Å². The molecule has 0 saturated carbocycles. The Labute approximate surface area is 131 Å². The summed E-state index contributed by atoms with van der Waals surface area (Å²) in [4.78, 5) is 1.34. The monoisotopic (exact) mass is 328 g/mol. The quantitative estimate of drug-likeness (QED) is 0.837. The van der Waals surface area contributed by atoms with Crippen molar-refractivity contribution in [3.05, 3.63) is 21.9 Å². The lowest BCUT2D eigenvalue weighted by atomic mass is 9.94. The molecule has 3 heterocycles. The van der Waals surface area contributed by atoms with Gasteiger partial charge in [-0.2, -0.15) is 17.0 Å². The summed E-state index contributed by atoms with van der Waals surface area (Å²) in [6, 6.07) is 2.03. The summed E-state index contributed by atoms with van der Waals surface area (Å²) in [6.45, 7) is 8.23. The smallest absolute Gasteiger partial charge is 0.195 e. The van der Waals surface area contributed by atoms with Crippen molar-refractivity contribution in [3.63, 3.8) is 0 Å². The minimum atomic E-state index is -3.35. The summed E-state index contributed by atoms with van der Waals surface area (Å²) in [5.74, 6) is 0.890. The van der Waals surface area contributed by atoms with Gasteiger partial charge in [-0.15, -0.1) is 11.3 Å². The molecule has 3 atom stereocenters. The van der Waals surface area contributed by atoms with Crippen molar-refractivity contribution < 1.29 is 8.42 Å². The Bertz CT molecular complexity index is 601. The maximum absolute atomic E-state index is 13.0. The molecule has 1 aromatic rings. The molecule has 6 heteroatoms. The van der Waals surface area contributed by atoms with E-state index in [1.165, 1.54) is 10.4 Å². The first-order valence-electron chi connectivity index (χ1n) is 7.72. The number of nitrogens with zero attached hydrogens (tertiary/aromatic N) is 2. The van der Waals surface area contributed by atoms with Crippen LogP contribution >= 0.6 is 11.3 Å². The summed E-state index contributed by atoms with van der Waals surface area (Å²) >= 11 is 1.74. The lowest BCUT2D eigenvalue weighted by Gasteiger charge is -2.40. The van der Waals surface area contributed by atoms with Gasteiger partial charge in [0.05, 0.1) is 0 Å². The standard InChI is InChI=1S/C15H24N2O2S2/c1-11-8-12(2)10-16(9-11)21(18,19)17-6-4-15-14(13(17)3)5-7-20-15/h5,7,11-13H,4,6,8-10H2,1-3H3/t11-,12+,13-/m0/s1. The topological polar surface area (TPSA) is 40.6 Å². The molecule has 0 unspecified atom stereocenters. The summed E-state index contributed by atoms with van der Waals surface area (Å²) in [5, 5.41) is 2.07. The van der Waals surface area contributed by atoms with Crippen LogP contribution in [0.1, 0.15) is 43.7 Å². The first-order valence-corrected chi connectivity index (χ1v) is 10.0. The fourth-order valence-corrected chi connectivity index (χ4v) is 6.72. The minimum Gasteiger partial charge on any atom is -0.195 e. The predicted octanol–water partition coefficient (Wildman–Crippen LogP) is 2.89. The van der Waals surface area contributed by atoms with E-state index in [0.717, 1.165) is 12.8 Å². The molecule has 0 aromatic carbocycles. The Morgan fingerprint density at radius 3 is 2.52 bits per heavy atom. The van der Waals surface area contributed by atoms with E-state index in [1.807, 2.05) is 6.92 Å². The molecule has 3 rings (SSSR count). The molecule has 0 aliphatic carbocycles. The Morgan fingerprint density at radius 1 is 1.19 bits per heavy atom. The zero-order valence-electron chi connectivity index (χ0n) is 12.9. The molecule has 1 saturated heterocycles. The number of hydrogen-bond donors (Lipinski definition) is 0. The number of rotatable bonds is 2. The van der Waals surface area contributed by atoms with Gasteiger partial charge in [0.2, 0.25) is 0 Å². The van der Waals surface area contributed by atoms with Crippen molar-refractivity contribution in [2.24, 2.45) is 11.8 Å². The van der Waals surface area contributed by atoms with Gasteiger partial charge in [0, 0.05) is 30.6 Å². The first-order chi connectivity index (χ1) is 9.89. The van der Waals surface area contributed by atoms with Crippen LogP contribution in [0.3, 0.4) is 0 Å². The highest BCUT2D eigenvalue weighted by molar-refractivity contribution is 7.86. The molecule has 118 valence electrons. The highest BCUT2D eigenvalue weighted by Gasteiger charge is 2.39. The van der Waals surface area contributed by atoms with Crippen LogP contribution < -0.4 is 0 Å². The Balaban J connectivity index is 1.85. The average Bonchev–Trinajstić information content (AvgIpc) is 2.87. The molecule has 0 amide bonds. The summed E-state index contributed by atoms with van der Waals surface area (Å²) in [6.07, 6.45) is 1.96. The van der Waals surface area contributed by atoms with Crippen LogP contribution in [0.4, 0.5) is 0 Å². The third-order valence-electron chi connectivity index (χ3n) is 4.68. The van der Waals surface area contributed by atoms with E-state index in [-0.39, 0.29) is 6.04 Å². The molecule has 2 aliphatic heterocycles. The van der Waals surface area contributed by atoms with Crippen molar-refractivity contribution in [2.75, 3.05) is 19.6 Å². The minimum absolute atomic E-state index is 0.0439. The zero-order valence-corrected chi connectivity index (χ0v) is 14.6. The van der Waals surface area contributed by atoms with Gasteiger partial charge in [0.1, 0.15) is 0 Å². The predicted molar refractivity (Wildman–Crippen MR) is 86.6 cm³/mol. The Morgan fingerprint density at radius 2 is 1.86 bits per heavy atom. The van der Waals surface area contributed by atoms with Crippen LogP contribution in [0, 0.1) is 11.8 Å². The number of piperidine rings is 1. The van der Waals surface area contributed by atoms with Gasteiger partial charge >= 0.3 is 0 Å². The van der Waals surface area contributed by atoms with E-state index >= 15 is 0 Å². The van der Waals surface area contributed by atoms with Crippen molar-refractivity contribution in [3.8, 4) is 0 Å². The fourth-order valence-electron chi connectivity index (χ4n) is 3.74. The van der Waals surface area contributed by atoms with Crippen molar-refractivity contribution >= 4 is 21.5 Å². The van der Waals surface area contributed by atoms with Gasteiger partial charge in [-0.1, -0.05) is 13.8 Å². The largest absolute Gasteiger partial charge is 0.282 e. The van der Waals surface area contributed by atoms with Crippen molar-refractivity contribution in [2.45, 2.75) is 39.7 Å². The van der Waals surface area contributed by atoms with Gasteiger partial charge in [-0.05, 0) is 48.6 Å². The van der Waals surface area contributed by atoms with Gasteiger partial charge in [0.25, 0.3) is 10.2 Å².